The molecule has 0 bridgehead atoms. The molecule has 0 spiro atoms. The number of methoxy groups -OCH3 is 1. The molecule has 33 heavy (non-hydrogen) atoms. The molecule has 1 heterocycles. The molecule has 1 fully saturated rings. The van der Waals surface area contributed by atoms with Crippen molar-refractivity contribution in [2.24, 2.45) is 11.3 Å². The quantitative estimate of drug-likeness (QED) is 0.228. The normalized spacial score (nSPS) is 17.8. The van der Waals surface area contributed by atoms with Crippen molar-refractivity contribution >= 4 is 29.5 Å². The van der Waals surface area contributed by atoms with E-state index in [1.807, 2.05) is 39.8 Å². The molecule has 6 heteroatoms. The van der Waals surface area contributed by atoms with Crippen molar-refractivity contribution in [1.29, 1.82) is 0 Å². The fourth-order valence-electron chi connectivity index (χ4n) is 3.56. The summed E-state index contributed by atoms with van der Waals surface area (Å²) in [5, 5.41) is 0. The Balaban J connectivity index is 2.00. The van der Waals surface area contributed by atoms with E-state index in [0.29, 0.717) is 17.1 Å². The van der Waals surface area contributed by atoms with Gasteiger partial charge in [0, 0.05) is 0 Å². The van der Waals surface area contributed by atoms with E-state index in [0.717, 1.165) is 36.1 Å². The van der Waals surface area contributed by atoms with Gasteiger partial charge in [0.05, 0.1) is 29.8 Å². The summed E-state index contributed by atoms with van der Waals surface area (Å²) in [5.74, 6) is 3.50. The number of carbonyl (C=O) groups is 1. The van der Waals surface area contributed by atoms with Crippen LogP contribution in [0.15, 0.2) is 36.4 Å². The van der Waals surface area contributed by atoms with E-state index in [-0.39, 0.29) is 18.2 Å². The van der Waals surface area contributed by atoms with Crippen LogP contribution in [0.1, 0.15) is 65.9 Å². The van der Waals surface area contributed by atoms with Crippen molar-refractivity contribution in [3.63, 3.8) is 0 Å². The lowest BCUT2D eigenvalue weighted by molar-refractivity contribution is -0.157. The topological polar surface area (TPSA) is 44.8 Å². The van der Waals surface area contributed by atoms with Crippen LogP contribution in [0.5, 0.6) is 5.75 Å². The Morgan fingerprint density at radius 3 is 2.33 bits per heavy atom. The third kappa shape index (κ3) is 9.96. The lowest BCUT2D eigenvalue weighted by Gasteiger charge is -2.31. The van der Waals surface area contributed by atoms with Crippen LogP contribution in [0.2, 0.25) is 0 Å². The van der Waals surface area contributed by atoms with Gasteiger partial charge in [-0.05, 0) is 94.1 Å². The van der Waals surface area contributed by atoms with E-state index in [1.54, 1.807) is 7.11 Å². The number of esters is 1. The van der Waals surface area contributed by atoms with E-state index in [9.17, 15) is 4.79 Å². The number of ether oxygens (including phenoxy) is 3. The molecule has 3 atom stereocenters. The molecule has 1 aliphatic rings. The zero-order valence-corrected chi connectivity index (χ0v) is 22.9. The fraction of sp³-hybridized carbons (Fsp3) is 0.667. The number of hydrogen-bond acceptors (Lipinski definition) is 6. The second kappa shape index (κ2) is 13.7. The number of hydrogen-bond donors (Lipinski definition) is 0. The molecule has 1 aliphatic heterocycles. The Morgan fingerprint density at radius 1 is 1.15 bits per heavy atom. The molecule has 1 aromatic rings. The van der Waals surface area contributed by atoms with Crippen LogP contribution in [0.3, 0.4) is 0 Å². The van der Waals surface area contributed by atoms with Gasteiger partial charge in [-0.1, -0.05) is 25.6 Å². The summed E-state index contributed by atoms with van der Waals surface area (Å²) in [6.45, 7) is 14.5. The zero-order valence-electron chi connectivity index (χ0n) is 21.2. The second-order valence-corrected chi connectivity index (χ2v) is 12.9. The molecule has 0 aromatic heterocycles. The minimum absolute atomic E-state index is 0.152. The van der Waals surface area contributed by atoms with Crippen LogP contribution >= 0.6 is 23.5 Å². The molecule has 0 radical (unpaired) electrons. The molecule has 0 amide bonds. The summed E-state index contributed by atoms with van der Waals surface area (Å²) in [5.41, 5.74) is 1.53. The Kier molecular flexibility index (Phi) is 11.7. The van der Waals surface area contributed by atoms with Crippen LogP contribution in [-0.4, -0.2) is 41.4 Å². The SMILES string of the molecule is C=C(C)[C@H](CC[C@H](C)[C@@H](CC1SCCCS1)OCc1ccc(OC)cc1)OC(=O)C(C)(C)C. The molecule has 1 aromatic carbocycles. The van der Waals surface area contributed by atoms with E-state index in [2.05, 4.69) is 49.2 Å². The molecular weight excluding hydrogens is 452 g/mol. The number of carbonyl (C=O) groups excluding carboxylic acids is 1. The average molecular weight is 495 g/mol. The maximum atomic E-state index is 12.4. The van der Waals surface area contributed by atoms with Crippen LogP contribution < -0.4 is 4.74 Å². The number of benzene rings is 1. The maximum Gasteiger partial charge on any atom is 0.311 e. The molecular formula is C27H42O4S2. The summed E-state index contributed by atoms with van der Waals surface area (Å²) in [4.78, 5) is 12.4. The smallest absolute Gasteiger partial charge is 0.311 e. The Morgan fingerprint density at radius 2 is 1.79 bits per heavy atom. The molecule has 0 aliphatic carbocycles. The summed E-state index contributed by atoms with van der Waals surface area (Å²) in [6, 6.07) is 8.08. The third-order valence-electron chi connectivity index (χ3n) is 5.87. The molecule has 186 valence electrons. The Hall–Kier alpha value is -1.11. The largest absolute Gasteiger partial charge is 0.497 e. The summed E-state index contributed by atoms with van der Waals surface area (Å²) in [6.07, 6.45) is 3.92. The van der Waals surface area contributed by atoms with Gasteiger partial charge in [0.15, 0.2) is 0 Å². The average Bonchev–Trinajstić information content (AvgIpc) is 2.79. The predicted octanol–water partition coefficient (Wildman–Crippen LogP) is 7.12. The van der Waals surface area contributed by atoms with Gasteiger partial charge in [-0.3, -0.25) is 4.79 Å². The van der Waals surface area contributed by atoms with Crippen LogP contribution in [0.4, 0.5) is 0 Å². The molecule has 4 nitrogen and oxygen atoms in total. The molecule has 0 N–H and O–H groups in total. The minimum atomic E-state index is -0.515. The highest BCUT2D eigenvalue weighted by atomic mass is 32.2. The van der Waals surface area contributed by atoms with E-state index in [4.69, 9.17) is 14.2 Å². The van der Waals surface area contributed by atoms with Crippen molar-refractivity contribution in [2.75, 3.05) is 18.6 Å². The van der Waals surface area contributed by atoms with Crippen molar-refractivity contribution in [1.82, 2.24) is 0 Å². The third-order valence-corrected chi connectivity index (χ3v) is 8.87. The second-order valence-electron chi connectivity index (χ2n) is 10.0. The van der Waals surface area contributed by atoms with Gasteiger partial charge in [-0.25, -0.2) is 0 Å². The summed E-state index contributed by atoms with van der Waals surface area (Å²) < 4.78 is 18.2. The van der Waals surface area contributed by atoms with E-state index in [1.165, 1.54) is 17.9 Å². The molecule has 0 saturated carbocycles. The lowest BCUT2D eigenvalue weighted by Crippen LogP contribution is -2.30. The molecule has 2 rings (SSSR count). The number of rotatable bonds is 12. The highest BCUT2D eigenvalue weighted by Crippen LogP contribution is 2.36. The van der Waals surface area contributed by atoms with Crippen LogP contribution in [-0.2, 0) is 20.9 Å². The van der Waals surface area contributed by atoms with Crippen molar-refractivity contribution in [3.8, 4) is 5.75 Å². The van der Waals surface area contributed by atoms with Gasteiger partial charge < -0.3 is 14.2 Å². The van der Waals surface area contributed by atoms with Crippen molar-refractivity contribution < 1.29 is 19.0 Å². The lowest BCUT2D eigenvalue weighted by atomic mass is 9.93. The van der Waals surface area contributed by atoms with Gasteiger partial charge >= 0.3 is 5.97 Å². The minimum Gasteiger partial charge on any atom is -0.497 e. The first-order valence-electron chi connectivity index (χ1n) is 11.9. The highest BCUT2D eigenvalue weighted by Gasteiger charge is 2.29. The first-order chi connectivity index (χ1) is 15.6. The van der Waals surface area contributed by atoms with E-state index < -0.39 is 5.41 Å². The van der Waals surface area contributed by atoms with Gasteiger partial charge in [0.1, 0.15) is 11.9 Å². The fourth-order valence-corrected chi connectivity index (χ4v) is 6.51. The molecule has 1 saturated heterocycles. The van der Waals surface area contributed by atoms with E-state index >= 15 is 0 Å². The van der Waals surface area contributed by atoms with Gasteiger partial charge in [-0.2, -0.15) is 0 Å². The zero-order chi connectivity index (χ0) is 24.4. The molecule has 0 unspecified atom stereocenters. The van der Waals surface area contributed by atoms with Crippen molar-refractivity contribution in [2.45, 2.75) is 83.7 Å². The maximum absolute atomic E-state index is 12.4. The predicted molar refractivity (Wildman–Crippen MR) is 142 cm³/mol. The summed E-state index contributed by atoms with van der Waals surface area (Å²) in [7, 11) is 1.68. The van der Waals surface area contributed by atoms with Gasteiger partial charge in [0.2, 0.25) is 0 Å². The first-order valence-corrected chi connectivity index (χ1v) is 14.0. The van der Waals surface area contributed by atoms with Gasteiger partial charge in [-0.15, -0.1) is 23.5 Å². The first kappa shape index (κ1) is 28.1. The van der Waals surface area contributed by atoms with Crippen molar-refractivity contribution in [3.05, 3.63) is 42.0 Å². The standard InChI is InChI=1S/C27H42O4S2/c1-19(2)23(31-26(28)27(4,5)6)14-9-20(3)24(17-25-32-15-8-16-33-25)30-18-21-10-12-22(29-7)13-11-21/h10-13,20,23-25H,1,8-9,14-18H2,2-7H3/t20-,23-,24+/m0/s1. The number of thioether (sulfide) groups is 2. The van der Waals surface area contributed by atoms with Crippen LogP contribution in [0.25, 0.3) is 0 Å². The Bertz CT molecular complexity index is 735. The monoisotopic (exact) mass is 494 g/mol. The Labute approximate surface area is 209 Å². The van der Waals surface area contributed by atoms with Crippen LogP contribution in [0, 0.1) is 11.3 Å². The summed E-state index contributed by atoms with van der Waals surface area (Å²) >= 11 is 4.12. The van der Waals surface area contributed by atoms with Gasteiger partial charge in [0.25, 0.3) is 0 Å². The highest BCUT2D eigenvalue weighted by molar-refractivity contribution is 8.17.